The fourth-order valence-electron chi connectivity index (χ4n) is 2.47. The number of amides is 1. The van der Waals surface area contributed by atoms with Crippen LogP contribution in [0.1, 0.15) is 21.9 Å². The minimum absolute atomic E-state index is 0.0790. The normalized spacial score (nSPS) is 10.4. The average Bonchev–Trinajstić information content (AvgIpc) is 3.13. The Morgan fingerprint density at radius 3 is 2.81 bits per heavy atom. The Balaban J connectivity index is 1.64. The van der Waals surface area contributed by atoms with Gasteiger partial charge in [0, 0.05) is 4.47 Å². The SMILES string of the molecule is C=CCc1ccccc1OCc1ccc(C(=O)Nc2ccc(Br)cc2F)o1. The van der Waals surface area contributed by atoms with Crippen molar-refractivity contribution in [1.82, 2.24) is 0 Å². The lowest BCUT2D eigenvalue weighted by Crippen LogP contribution is -2.12. The number of halogens is 2. The molecule has 0 aliphatic rings. The highest BCUT2D eigenvalue weighted by Crippen LogP contribution is 2.22. The Bertz CT molecular complexity index is 968. The molecule has 0 unspecified atom stereocenters. The Morgan fingerprint density at radius 1 is 1.22 bits per heavy atom. The van der Waals surface area contributed by atoms with E-state index in [2.05, 4.69) is 27.8 Å². The molecule has 1 heterocycles. The average molecular weight is 430 g/mol. The number of allylic oxidation sites excluding steroid dienone is 1. The molecule has 0 aliphatic carbocycles. The Hall–Kier alpha value is -2.86. The van der Waals surface area contributed by atoms with E-state index in [9.17, 15) is 9.18 Å². The number of carbonyl (C=O) groups is 1. The molecule has 4 nitrogen and oxygen atoms in total. The van der Waals surface area contributed by atoms with Crippen LogP contribution < -0.4 is 10.1 Å². The second-order valence-corrected chi connectivity index (χ2v) is 6.65. The van der Waals surface area contributed by atoms with Gasteiger partial charge in [-0.1, -0.05) is 40.2 Å². The number of ether oxygens (including phenoxy) is 1. The van der Waals surface area contributed by atoms with Crippen LogP contribution in [0.3, 0.4) is 0 Å². The topological polar surface area (TPSA) is 51.5 Å². The number of hydrogen-bond acceptors (Lipinski definition) is 3. The summed E-state index contributed by atoms with van der Waals surface area (Å²) in [6, 6.07) is 15.2. The molecule has 2 aromatic carbocycles. The van der Waals surface area contributed by atoms with Gasteiger partial charge in [0.2, 0.25) is 0 Å². The highest BCUT2D eigenvalue weighted by Gasteiger charge is 2.14. The Labute approximate surface area is 164 Å². The summed E-state index contributed by atoms with van der Waals surface area (Å²) in [7, 11) is 0. The van der Waals surface area contributed by atoms with Crippen LogP contribution >= 0.6 is 15.9 Å². The van der Waals surface area contributed by atoms with Gasteiger partial charge in [-0.15, -0.1) is 6.58 Å². The number of carbonyl (C=O) groups excluding carboxylic acids is 1. The van der Waals surface area contributed by atoms with Crippen molar-refractivity contribution in [2.24, 2.45) is 0 Å². The van der Waals surface area contributed by atoms with Crippen LogP contribution in [0.25, 0.3) is 0 Å². The zero-order chi connectivity index (χ0) is 19.2. The first-order chi connectivity index (χ1) is 13.1. The first kappa shape index (κ1) is 18.9. The molecule has 0 fully saturated rings. The number of hydrogen-bond donors (Lipinski definition) is 1. The molecule has 0 saturated heterocycles. The minimum atomic E-state index is -0.535. The van der Waals surface area contributed by atoms with E-state index in [1.807, 2.05) is 24.3 Å². The molecular weight excluding hydrogens is 413 g/mol. The predicted molar refractivity (Wildman–Crippen MR) is 105 cm³/mol. The fraction of sp³-hybridized carbons (Fsp3) is 0.0952. The van der Waals surface area contributed by atoms with Crippen molar-refractivity contribution in [3.63, 3.8) is 0 Å². The molecule has 0 radical (unpaired) electrons. The van der Waals surface area contributed by atoms with Crippen molar-refractivity contribution in [1.29, 1.82) is 0 Å². The first-order valence-corrected chi connectivity index (χ1v) is 9.03. The molecule has 1 aromatic heterocycles. The summed E-state index contributed by atoms with van der Waals surface area (Å²) in [6.07, 6.45) is 2.50. The number of rotatable bonds is 7. The van der Waals surface area contributed by atoms with E-state index < -0.39 is 11.7 Å². The third-order valence-corrected chi connectivity index (χ3v) is 4.26. The van der Waals surface area contributed by atoms with Crippen molar-refractivity contribution >= 4 is 27.5 Å². The van der Waals surface area contributed by atoms with Crippen LogP contribution in [0.15, 0.2) is 76.1 Å². The smallest absolute Gasteiger partial charge is 0.291 e. The van der Waals surface area contributed by atoms with E-state index in [4.69, 9.17) is 9.15 Å². The maximum absolute atomic E-state index is 13.8. The molecule has 3 aromatic rings. The summed E-state index contributed by atoms with van der Waals surface area (Å²) < 4.78 is 25.7. The maximum atomic E-state index is 13.8. The molecule has 0 bridgehead atoms. The Kier molecular flexibility index (Phi) is 6.08. The monoisotopic (exact) mass is 429 g/mol. The van der Waals surface area contributed by atoms with Gasteiger partial charge in [0.15, 0.2) is 5.76 Å². The molecule has 27 heavy (non-hydrogen) atoms. The van der Waals surface area contributed by atoms with Gasteiger partial charge in [-0.2, -0.15) is 0 Å². The summed E-state index contributed by atoms with van der Waals surface area (Å²) >= 11 is 3.17. The summed E-state index contributed by atoms with van der Waals surface area (Å²) in [4.78, 5) is 12.2. The second kappa shape index (κ2) is 8.68. The number of nitrogens with one attached hydrogen (secondary N) is 1. The number of para-hydroxylation sites is 1. The van der Waals surface area contributed by atoms with E-state index in [1.54, 1.807) is 18.2 Å². The Morgan fingerprint density at radius 2 is 2.04 bits per heavy atom. The van der Waals surface area contributed by atoms with E-state index in [1.165, 1.54) is 18.2 Å². The van der Waals surface area contributed by atoms with Gasteiger partial charge < -0.3 is 14.5 Å². The highest BCUT2D eigenvalue weighted by molar-refractivity contribution is 9.10. The molecule has 0 atom stereocenters. The van der Waals surface area contributed by atoms with Gasteiger partial charge in [0.05, 0.1) is 5.69 Å². The predicted octanol–water partition coefficient (Wildman–Crippen LogP) is 5.74. The standard InChI is InChI=1S/C21H17BrFNO3/c1-2-5-14-6-3-4-7-19(14)26-13-16-9-11-20(27-16)21(25)24-18-10-8-15(22)12-17(18)23/h2-4,6-12H,1,5,13H2,(H,24,25). The minimum Gasteiger partial charge on any atom is -0.485 e. The van der Waals surface area contributed by atoms with Crippen molar-refractivity contribution in [2.75, 3.05) is 5.32 Å². The lowest BCUT2D eigenvalue weighted by atomic mass is 10.1. The lowest BCUT2D eigenvalue weighted by molar-refractivity contribution is 0.0992. The van der Waals surface area contributed by atoms with Crippen molar-refractivity contribution in [3.8, 4) is 5.75 Å². The lowest BCUT2D eigenvalue weighted by Gasteiger charge is -2.09. The summed E-state index contributed by atoms with van der Waals surface area (Å²) in [5.41, 5.74) is 1.10. The zero-order valence-electron chi connectivity index (χ0n) is 14.4. The van der Waals surface area contributed by atoms with Crippen LogP contribution in [0.2, 0.25) is 0 Å². The zero-order valence-corrected chi connectivity index (χ0v) is 16.0. The fourth-order valence-corrected chi connectivity index (χ4v) is 2.80. The van der Waals surface area contributed by atoms with E-state index in [-0.39, 0.29) is 18.1 Å². The summed E-state index contributed by atoms with van der Waals surface area (Å²) in [5, 5.41) is 2.49. The van der Waals surface area contributed by atoms with E-state index in [0.29, 0.717) is 16.7 Å². The quantitative estimate of drug-likeness (QED) is 0.487. The molecule has 1 amide bonds. The van der Waals surface area contributed by atoms with Gasteiger partial charge >= 0.3 is 0 Å². The van der Waals surface area contributed by atoms with Crippen LogP contribution in [-0.2, 0) is 13.0 Å². The molecule has 138 valence electrons. The van der Waals surface area contributed by atoms with E-state index >= 15 is 0 Å². The van der Waals surface area contributed by atoms with Gasteiger partial charge in [0.1, 0.15) is 23.9 Å². The van der Waals surface area contributed by atoms with Crippen LogP contribution in [0, 0.1) is 5.82 Å². The van der Waals surface area contributed by atoms with Crippen molar-refractivity contribution in [2.45, 2.75) is 13.0 Å². The second-order valence-electron chi connectivity index (χ2n) is 5.73. The van der Waals surface area contributed by atoms with Gasteiger partial charge in [-0.3, -0.25) is 4.79 Å². The van der Waals surface area contributed by atoms with Crippen LogP contribution in [0.4, 0.5) is 10.1 Å². The molecule has 0 saturated carbocycles. The van der Waals surface area contributed by atoms with Crippen LogP contribution in [0.5, 0.6) is 5.75 Å². The number of furan rings is 1. The van der Waals surface area contributed by atoms with Crippen molar-refractivity contribution < 1.29 is 18.3 Å². The molecule has 3 rings (SSSR count). The van der Waals surface area contributed by atoms with Gasteiger partial charge in [0.25, 0.3) is 5.91 Å². The third-order valence-electron chi connectivity index (χ3n) is 3.77. The first-order valence-electron chi connectivity index (χ1n) is 8.23. The maximum Gasteiger partial charge on any atom is 0.291 e. The van der Waals surface area contributed by atoms with Crippen molar-refractivity contribution in [3.05, 3.63) is 94.6 Å². The number of anilines is 1. The molecular formula is C21H17BrFNO3. The van der Waals surface area contributed by atoms with Crippen LogP contribution in [-0.4, -0.2) is 5.91 Å². The van der Waals surface area contributed by atoms with Gasteiger partial charge in [-0.05, 0) is 48.4 Å². The summed E-state index contributed by atoms with van der Waals surface area (Å²) in [6.45, 7) is 3.91. The third kappa shape index (κ3) is 4.86. The summed E-state index contributed by atoms with van der Waals surface area (Å²) in [5.74, 6) is 0.234. The molecule has 0 aliphatic heterocycles. The molecule has 0 spiro atoms. The van der Waals surface area contributed by atoms with E-state index in [0.717, 1.165) is 11.3 Å². The highest BCUT2D eigenvalue weighted by atomic mass is 79.9. The molecule has 1 N–H and O–H groups in total. The number of benzene rings is 2. The largest absolute Gasteiger partial charge is 0.485 e. The molecule has 6 heteroatoms. The van der Waals surface area contributed by atoms with Gasteiger partial charge in [-0.25, -0.2) is 4.39 Å².